The van der Waals surface area contributed by atoms with Crippen LogP contribution in [0, 0.1) is 0 Å². The van der Waals surface area contributed by atoms with Crippen LogP contribution in [0.5, 0.6) is 5.75 Å². The van der Waals surface area contributed by atoms with Gasteiger partial charge in [0.15, 0.2) is 0 Å². The zero-order valence-electron chi connectivity index (χ0n) is 7.74. The van der Waals surface area contributed by atoms with Crippen LogP contribution in [0.1, 0.15) is 6.42 Å². The van der Waals surface area contributed by atoms with Gasteiger partial charge in [0, 0.05) is 4.47 Å². The van der Waals surface area contributed by atoms with Gasteiger partial charge in [0.1, 0.15) is 12.4 Å². The highest BCUT2D eigenvalue weighted by Crippen LogP contribution is 2.16. The van der Waals surface area contributed by atoms with Crippen LogP contribution in [0.2, 0.25) is 0 Å². The van der Waals surface area contributed by atoms with E-state index in [1.165, 1.54) is 0 Å². The Morgan fingerprint density at radius 3 is 2.79 bits per heavy atom. The number of ether oxygens (including phenoxy) is 1. The lowest BCUT2D eigenvalue weighted by Gasteiger charge is -2.12. The molecule has 2 nitrogen and oxygen atoms in total. The highest BCUT2D eigenvalue weighted by atomic mass is 79.9. The summed E-state index contributed by atoms with van der Waals surface area (Å²) < 4.78 is 6.70. The molecule has 1 N–H and O–H groups in total. The highest BCUT2D eigenvalue weighted by molar-refractivity contribution is 9.10. The monoisotopic (exact) mass is 253 g/mol. The first-order valence-electron chi connectivity index (χ1n) is 4.64. The van der Waals surface area contributed by atoms with Crippen molar-refractivity contribution in [2.45, 2.75) is 12.5 Å². The van der Waals surface area contributed by atoms with Crippen molar-refractivity contribution in [1.82, 2.24) is 5.32 Å². The summed E-state index contributed by atoms with van der Waals surface area (Å²) in [6.07, 6.45) is 5.15. The number of hydrogen-bond acceptors (Lipinski definition) is 2. The molecule has 0 saturated carbocycles. The van der Waals surface area contributed by atoms with Crippen LogP contribution in [-0.2, 0) is 0 Å². The Morgan fingerprint density at radius 1 is 1.36 bits per heavy atom. The molecule has 1 aliphatic heterocycles. The summed E-state index contributed by atoms with van der Waals surface area (Å²) in [7, 11) is 0. The molecule has 74 valence electrons. The fraction of sp³-hybridized carbons (Fsp3) is 0.273. The van der Waals surface area contributed by atoms with E-state index in [1.807, 2.05) is 30.5 Å². The second kappa shape index (κ2) is 4.51. The van der Waals surface area contributed by atoms with Crippen molar-refractivity contribution in [3.05, 3.63) is 41.0 Å². The number of benzene rings is 1. The van der Waals surface area contributed by atoms with Gasteiger partial charge in [-0.05, 0) is 36.9 Å². The Bertz CT molecular complexity index is 313. The second-order valence-corrected chi connectivity index (χ2v) is 4.18. The molecule has 2 rings (SSSR count). The molecule has 14 heavy (non-hydrogen) atoms. The Kier molecular flexibility index (Phi) is 3.09. The number of hydrogen-bond donors (Lipinski definition) is 1. The maximum Gasteiger partial charge on any atom is 0.119 e. The summed E-state index contributed by atoms with van der Waals surface area (Å²) in [4.78, 5) is 0. The summed E-state index contributed by atoms with van der Waals surface area (Å²) in [5.74, 6) is 0.918. The molecule has 0 bridgehead atoms. The van der Waals surface area contributed by atoms with Crippen LogP contribution in [0.3, 0.4) is 0 Å². The lowest BCUT2D eigenvalue weighted by Crippen LogP contribution is -2.26. The number of nitrogens with one attached hydrogen (secondary N) is 1. The minimum Gasteiger partial charge on any atom is -0.491 e. The van der Waals surface area contributed by atoms with Crippen molar-refractivity contribution in [1.29, 1.82) is 0 Å². The van der Waals surface area contributed by atoms with E-state index in [9.17, 15) is 0 Å². The van der Waals surface area contributed by atoms with Crippen molar-refractivity contribution in [2.75, 3.05) is 6.61 Å². The van der Waals surface area contributed by atoms with Crippen molar-refractivity contribution in [3.8, 4) is 5.75 Å². The average molecular weight is 254 g/mol. The molecule has 1 aromatic carbocycles. The van der Waals surface area contributed by atoms with Crippen LogP contribution in [0.25, 0.3) is 0 Å². The van der Waals surface area contributed by atoms with Crippen LogP contribution < -0.4 is 10.1 Å². The van der Waals surface area contributed by atoms with E-state index >= 15 is 0 Å². The number of halogens is 1. The molecule has 0 radical (unpaired) electrons. The Morgan fingerprint density at radius 2 is 2.14 bits per heavy atom. The third-order valence-electron chi connectivity index (χ3n) is 2.14. The predicted molar refractivity (Wildman–Crippen MR) is 60.3 cm³/mol. The number of rotatable bonds is 3. The lowest BCUT2D eigenvalue weighted by molar-refractivity contribution is 0.280. The summed E-state index contributed by atoms with van der Waals surface area (Å²) >= 11 is 3.38. The topological polar surface area (TPSA) is 21.3 Å². The summed E-state index contributed by atoms with van der Waals surface area (Å²) in [6.45, 7) is 0.717. The van der Waals surface area contributed by atoms with Gasteiger partial charge >= 0.3 is 0 Å². The van der Waals surface area contributed by atoms with E-state index in [0.717, 1.165) is 16.6 Å². The van der Waals surface area contributed by atoms with Crippen molar-refractivity contribution in [2.24, 2.45) is 0 Å². The normalized spacial score (nSPS) is 19.4. The molecule has 1 atom stereocenters. The minimum absolute atomic E-state index is 0.429. The van der Waals surface area contributed by atoms with Crippen LogP contribution in [0.4, 0.5) is 0 Å². The zero-order valence-corrected chi connectivity index (χ0v) is 9.33. The maximum atomic E-state index is 5.62. The first-order valence-corrected chi connectivity index (χ1v) is 5.43. The fourth-order valence-electron chi connectivity index (χ4n) is 1.35. The molecular weight excluding hydrogens is 242 g/mol. The van der Waals surface area contributed by atoms with Crippen molar-refractivity contribution < 1.29 is 4.74 Å². The van der Waals surface area contributed by atoms with E-state index in [0.29, 0.717) is 12.6 Å². The van der Waals surface area contributed by atoms with Gasteiger partial charge in [-0.25, -0.2) is 0 Å². The summed E-state index contributed by atoms with van der Waals surface area (Å²) in [5.41, 5.74) is 0. The molecular formula is C11H12BrNO. The molecule has 3 heteroatoms. The van der Waals surface area contributed by atoms with Gasteiger partial charge < -0.3 is 10.1 Å². The molecule has 0 saturated heterocycles. The Hall–Kier alpha value is -0.960. The van der Waals surface area contributed by atoms with Gasteiger partial charge in [-0.1, -0.05) is 22.0 Å². The SMILES string of the molecule is Brc1ccc(OC[C@@H]2CC=CN2)cc1. The lowest BCUT2D eigenvalue weighted by atomic mass is 10.2. The van der Waals surface area contributed by atoms with Gasteiger partial charge in [-0.2, -0.15) is 0 Å². The molecule has 0 aromatic heterocycles. The van der Waals surface area contributed by atoms with Gasteiger partial charge in [0.2, 0.25) is 0 Å². The largest absolute Gasteiger partial charge is 0.491 e. The molecule has 0 aliphatic carbocycles. The van der Waals surface area contributed by atoms with E-state index in [-0.39, 0.29) is 0 Å². The Balaban J connectivity index is 1.82. The van der Waals surface area contributed by atoms with Gasteiger partial charge in [-0.15, -0.1) is 0 Å². The first-order chi connectivity index (χ1) is 6.84. The van der Waals surface area contributed by atoms with E-state index in [2.05, 4.69) is 27.3 Å². The van der Waals surface area contributed by atoms with Crippen LogP contribution in [-0.4, -0.2) is 12.6 Å². The second-order valence-electron chi connectivity index (χ2n) is 3.27. The molecule has 0 unspecified atom stereocenters. The molecule has 0 spiro atoms. The van der Waals surface area contributed by atoms with Crippen LogP contribution in [0.15, 0.2) is 41.0 Å². The fourth-order valence-corrected chi connectivity index (χ4v) is 1.61. The van der Waals surface area contributed by atoms with Crippen LogP contribution >= 0.6 is 15.9 Å². The summed E-state index contributed by atoms with van der Waals surface area (Å²) in [5, 5.41) is 3.22. The first kappa shape index (κ1) is 9.59. The standard InChI is InChI=1S/C11H12BrNO/c12-9-3-5-11(6-4-9)14-8-10-2-1-7-13-10/h1,3-7,10,13H,2,8H2/t10-/m0/s1. The van der Waals surface area contributed by atoms with Crippen molar-refractivity contribution in [3.63, 3.8) is 0 Å². The minimum atomic E-state index is 0.429. The third-order valence-corrected chi connectivity index (χ3v) is 2.66. The zero-order chi connectivity index (χ0) is 9.80. The van der Waals surface area contributed by atoms with E-state index in [4.69, 9.17) is 4.74 Å². The molecule has 1 aliphatic rings. The smallest absolute Gasteiger partial charge is 0.119 e. The predicted octanol–water partition coefficient (Wildman–Crippen LogP) is 2.70. The van der Waals surface area contributed by atoms with E-state index < -0.39 is 0 Å². The molecule has 1 heterocycles. The van der Waals surface area contributed by atoms with Gasteiger partial charge in [0.05, 0.1) is 6.04 Å². The van der Waals surface area contributed by atoms with Gasteiger partial charge in [0.25, 0.3) is 0 Å². The summed E-state index contributed by atoms with van der Waals surface area (Å²) in [6, 6.07) is 8.32. The quantitative estimate of drug-likeness (QED) is 0.895. The van der Waals surface area contributed by atoms with Gasteiger partial charge in [-0.3, -0.25) is 0 Å². The molecule has 0 fully saturated rings. The Labute approximate surface area is 92.1 Å². The highest BCUT2D eigenvalue weighted by Gasteiger charge is 2.09. The maximum absolute atomic E-state index is 5.62. The average Bonchev–Trinajstić information content (AvgIpc) is 2.70. The molecule has 0 amide bonds. The van der Waals surface area contributed by atoms with E-state index in [1.54, 1.807) is 0 Å². The third kappa shape index (κ3) is 2.51. The van der Waals surface area contributed by atoms with Crippen molar-refractivity contribution >= 4 is 15.9 Å². The molecule has 1 aromatic rings.